The second kappa shape index (κ2) is 6.83. The Morgan fingerprint density at radius 2 is 1.65 bits per heavy atom. The van der Waals surface area contributed by atoms with Gasteiger partial charge in [-0.15, -0.1) is 0 Å². The molecule has 0 heterocycles. The van der Waals surface area contributed by atoms with E-state index in [9.17, 15) is 18.0 Å². The van der Waals surface area contributed by atoms with Gasteiger partial charge in [-0.25, -0.2) is 0 Å². The summed E-state index contributed by atoms with van der Waals surface area (Å²) in [4.78, 5) is 11.9. The van der Waals surface area contributed by atoms with Crippen LogP contribution in [0, 0.1) is 0 Å². The maximum absolute atomic E-state index is 12.8. The van der Waals surface area contributed by atoms with Gasteiger partial charge in [0.25, 0.3) is 6.47 Å². The molecule has 3 nitrogen and oxygen atoms in total. The van der Waals surface area contributed by atoms with Gasteiger partial charge in [0, 0.05) is 6.54 Å². The van der Waals surface area contributed by atoms with Gasteiger partial charge in [-0.1, -0.05) is 13.8 Å². The van der Waals surface area contributed by atoms with Crippen molar-refractivity contribution in [2.24, 2.45) is 0 Å². The smallest absolute Gasteiger partial charge is 0.429 e. The second-order valence-corrected chi connectivity index (χ2v) is 4.22. The minimum absolute atomic E-state index is 0.135. The largest absolute Gasteiger partial charge is 0.450 e. The van der Waals surface area contributed by atoms with Gasteiger partial charge >= 0.3 is 6.18 Å². The highest BCUT2D eigenvalue weighted by atomic mass is 19.4. The Morgan fingerprint density at radius 1 is 1.18 bits per heavy atom. The highest BCUT2D eigenvalue weighted by molar-refractivity contribution is 5.38. The number of halogens is 3. The van der Waals surface area contributed by atoms with Gasteiger partial charge in [-0.05, 0) is 32.9 Å². The van der Waals surface area contributed by atoms with Crippen LogP contribution in [0.1, 0.15) is 33.6 Å². The molecule has 102 valence electrons. The Hall–Kier alpha value is -0.780. The van der Waals surface area contributed by atoms with Crippen molar-refractivity contribution >= 4 is 6.47 Å². The fourth-order valence-corrected chi connectivity index (χ4v) is 1.63. The molecule has 0 aliphatic carbocycles. The molecular formula is C11H20F3NO2. The van der Waals surface area contributed by atoms with Gasteiger partial charge in [0.15, 0.2) is 0 Å². The first-order chi connectivity index (χ1) is 7.80. The van der Waals surface area contributed by atoms with Crippen molar-refractivity contribution in [1.29, 1.82) is 0 Å². The number of rotatable bonds is 8. The maximum Gasteiger partial charge on any atom is 0.429 e. The standard InChI is InChI=1S/C11H20F3NO2/c1-4-6-15(7-5-2)8-10(3,17-9-16)11(12,13)14/h9H,4-8H2,1-3H3. The zero-order valence-corrected chi connectivity index (χ0v) is 10.5. The Balaban J connectivity index is 4.76. The van der Waals surface area contributed by atoms with E-state index in [1.807, 2.05) is 13.8 Å². The fourth-order valence-electron chi connectivity index (χ4n) is 1.63. The molecule has 0 aromatic heterocycles. The van der Waals surface area contributed by atoms with Crippen LogP contribution in [0.2, 0.25) is 0 Å². The summed E-state index contributed by atoms with van der Waals surface area (Å²) < 4.78 is 42.7. The fraction of sp³-hybridized carbons (Fsp3) is 0.909. The first kappa shape index (κ1) is 16.2. The molecule has 1 unspecified atom stereocenters. The number of ether oxygens (including phenoxy) is 1. The molecule has 0 amide bonds. The van der Waals surface area contributed by atoms with E-state index >= 15 is 0 Å². The number of carbonyl (C=O) groups excluding carboxylic acids is 1. The number of hydrogen-bond donors (Lipinski definition) is 0. The number of alkyl halides is 3. The average Bonchev–Trinajstić information content (AvgIpc) is 2.17. The van der Waals surface area contributed by atoms with Crippen molar-refractivity contribution in [3.63, 3.8) is 0 Å². The monoisotopic (exact) mass is 255 g/mol. The third-order valence-electron chi connectivity index (χ3n) is 2.51. The minimum Gasteiger partial charge on any atom is -0.450 e. The first-order valence-electron chi connectivity index (χ1n) is 5.71. The molecular weight excluding hydrogens is 235 g/mol. The highest BCUT2D eigenvalue weighted by Crippen LogP contribution is 2.33. The van der Waals surface area contributed by atoms with E-state index in [0.717, 1.165) is 19.8 Å². The van der Waals surface area contributed by atoms with Crippen LogP contribution in [-0.2, 0) is 9.53 Å². The van der Waals surface area contributed by atoms with Crippen LogP contribution in [0.25, 0.3) is 0 Å². The number of hydrogen-bond acceptors (Lipinski definition) is 3. The Labute approximate surface area is 99.9 Å². The van der Waals surface area contributed by atoms with Crippen molar-refractivity contribution in [2.75, 3.05) is 19.6 Å². The molecule has 0 aromatic carbocycles. The second-order valence-electron chi connectivity index (χ2n) is 4.22. The predicted molar refractivity (Wildman–Crippen MR) is 58.6 cm³/mol. The lowest BCUT2D eigenvalue weighted by atomic mass is 10.1. The lowest BCUT2D eigenvalue weighted by Crippen LogP contribution is -2.53. The average molecular weight is 255 g/mol. The van der Waals surface area contributed by atoms with Crippen LogP contribution in [0.4, 0.5) is 13.2 Å². The molecule has 6 heteroatoms. The SMILES string of the molecule is CCCN(CCC)CC(C)(OC=O)C(F)(F)F. The van der Waals surface area contributed by atoms with E-state index < -0.39 is 11.8 Å². The van der Waals surface area contributed by atoms with E-state index in [-0.39, 0.29) is 13.0 Å². The van der Waals surface area contributed by atoms with Gasteiger partial charge < -0.3 is 4.74 Å². The molecule has 0 aromatic rings. The van der Waals surface area contributed by atoms with Gasteiger partial charge in [-0.3, -0.25) is 9.69 Å². The van der Waals surface area contributed by atoms with Crippen molar-refractivity contribution in [3.8, 4) is 0 Å². The van der Waals surface area contributed by atoms with Crippen LogP contribution in [0.15, 0.2) is 0 Å². The summed E-state index contributed by atoms with van der Waals surface area (Å²) in [7, 11) is 0. The first-order valence-corrected chi connectivity index (χ1v) is 5.71. The van der Waals surface area contributed by atoms with Gasteiger partial charge in [0.2, 0.25) is 5.60 Å². The van der Waals surface area contributed by atoms with E-state index in [4.69, 9.17) is 0 Å². The molecule has 0 rings (SSSR count). The van der Waals surface area contributed by atoms with Gasteiger partial charge in [0.1, 0.15) is 0 Å². The summed E-state index contributed by atoms with van der Waals surface area (Å²) in [5.74, 6) is 0. The summed E-state index contributed by atoms with van der Waals surface area (Å²) in [5, 5.41) is 0. The minimum atomic E-state index is -4.56. The zero-order chi connectivity index (χ0) is 13.5. The van der Waals surface area contributed by atoms with Crippen molar-refractivity contribution in [3.05, 3.63) is 0 Å². The van der Waals surface area contributed by atoms with Crippen LogP contribution in [-0.4, -0.2) is 42.8 Å². The third kappa shape index (κ3) is 4.93. The summed E-state index contributed by atoms with van der Waals surface area (Å²) in [6.45, 7) is 5.35. The van der Waals surface area contributed by atoms with E-state index in [0.29, 0.717) is 13.1 Å². The molecule has 17 heavy (non-hydrogen) atoms. The molecule has 0 aliphatic heterocycles. The summed E-state index contributed by atoms with van der Waals surface area (Å²) in [5.41, 5.74) is -2.43. The van der Waals surface area contributed by atoms with E-state index in [1.54, 1.807) is 4.90 Å². The Kier molecular flexibility index (Phi) is 6.52. The summed E-state index contributed by atoms with van der Waals surface area (Å²) in [6.07, 6.45) is -3.04. The Bertz CT molecular complexity index is 227. The third-order valence-corrected chi connectivity index (χ3v) is 2.51. The molecule has 0 radical (unpaired) electrons. The lowest BCUT2D eigenvalue weighted by Gasteiger charge is -2.35. The van der Waals surface area contributed by atoms with Crippen LogP contribution < -0.4 is 0 Å². The molecule has 0 aliphatic rings. The zero-order valence-electron chi connectivity index (χ0n) is 10.5. The molecule has 0 fully saturated rings. The van der Waals surface area contributed by atoms with Crippen molar-refractivity contribution in [1.82, 2.24) is 4.90 Å². The number of nitrogens with zero attached hydrogens (tertiary/aromatic N) is 1. The predicted octanol–water partition coefficient (Wildman–Crippen LogP) is 2.60. The van der Waals surface area contributed by atoms with Crippen molar-refractivity contribution in [2.45, 2.75) is 45.4 Å². The Morgan fingerprint density at radius 3 is 1.94 bits per heavy atom. The maximum atomic E-state index is 12.8. The molecule has 1 atom stereocenters. The molecule has 0 N–H and O–H groups in total. The van der Waals surface area contributed by atoms with Crippen LogP contribution >= 0.6 is 0 Å². The van der Waals surface area contributed by atoms with Gasteiger partial charge in [0.05, 0.1) is 0 Å². The van der Waals surface area contributed by atoms with Crippen LogP contribution in [0.3, 0.4) is 0 Å². The summed E-state index contributed by atoms with van der Waals surface area (Å²) >= 11 is 0. The van der Waals surface area contributed by atoms with E-state index in [1.165, 1.54) is 0 Å². The van der Waals surface area contributed by atoms with Gasteiger partial charge in [-0.2, -0.15) is 13.2 Å². The van der Waals surface area contributed by atoms with Crippen LogP contribution in [0.5, 0.6) is 0 Å². The molecule has 0 saturated heterocycles. The topological polar surface area (TPSA) is 29.5 Å². The summed E-state index contributed by atoms with van der Waals surface area (Å²) in [6, 6.07) is 0. The molecule has 0 saturated carbocycles. The molecule has 0 spiro atoms. The number of carbonyl (C=O) groups is 1. The van der Waals surface area contributed by atoms with Crippen molar-refractivity contribution < 1.29 is 22.7 Å². The normalized spacial score (nSPS) is 15.7. The lowest BCUT2D eigenvalue weighted by molar-refractivity contribution is -0.262. The van der Waals surface area contributed by atoms with E-state index in [2.05, 4.69) is 4.74 Å². The highest BCUT2D eigenvalue weighted by Gasteiger charge is 2.54. The molecule has 0 bridgehead atoms. The quantitative estimate of drug-likeness (QED) is 0.624.